The number of aryl methyl sites for hydroxylation is 1. The van der Waals surface area contributed by atoms with Crippen molar-refractivity contribution in [2.24, 2.45) is 5.92 Å². The lowest BCUT2D eigenvalue weighted by Crippen LogP contribution is -2.19. The Morgan fingerprint density at radius 1 is 1.03 bits per heavy atom. The minimum atomic E-state index is -0.543. The number of carbonyl (C=O) groups excluding carboxylic acids is 2. The summed E-state index contributed by atoms with van der Waals surface area (Å²) in [5.41, 5.74) is 4.75. The number of amides is 2. The van der Waals surface area contributed by atoms with Gasteiger partial charge in [-0.05, 0) is 73.1 Å². The first-order valence-corrected chi connectivity index (χ1v) is 14.7. The predicted molar refractivity (Wildman–Crippen MR) is 159 cm³/mol. The van der Waals surface area contributed by atoms with E-state index in [-0.39, 0.29) is 11.8 Å². The molecule has 0 saturated heterocycles. The maximum Gasteiger partial charge on any atom is 0.255 e. The molecule has 0 spiro atoms. The Morgan fingerprint density at radius 2 is 1.79 bits per heavy atom. The third-order valence-corrected chi connectivity index (χ3v) is 9.35. The first kappa shape index (κ1) is 26.7. The van der Waals surface area contributed by atoms with E-state index in [2.05, 4.69) is 23.6 Å². The highest BCUT2D eigenvalue weighted by molar-refractivity contribution is 8.00. The molecule has 196 valence electrons. The third kappa shape index (κ3) is 6.08. The van der Waals surface area contributed by atoms with Gasteiger partial charge in [-0.1, -0.05) is 61.5 Å². The van der Waals surface area contributed by atoms with Gasteiger partial charge in [0, 0.05) is 21.0 Å². The normalized spacial score (nSPS) is 15.1. The maximum atomic E-state index is 13.7. The van der Waals surface area contributed by atoms with E-state index in [1.807, 2.05) is 79.7 Å². The Kier molecular flexibility index (Phi) is 8.16. The molecule has 7 heteroatoms. The van der Waals surface area contributed by atoms with Gasteiger partial charge in [-0.2, -0.15) is 5.26 Å². The molecule has 1 heterocycles. The quantitative estimate of drug-likeness (QED) is 0.230. The number of hydrogen-bond donors (Lipinski definition) is 2. The molecule has 0 saturated carbocycles. The van der Waals surface area contributed by atoms with Gasteiger partial charge in [-0.3, -0.25) is 9.59 Å². The van der Waals surface area contributed by atoms with E-state index in [0.29, 0.717) is 27.7 Å². The van der Waals surface area contributed by atoms with Gasteiger partial charge < -0.3 is 10.6 Å². The van der Waals surface area contributed by atoms with Crippen LogP contribution in [0.1, 0.15) is 56.1 Å². The Morgan fingerprint density at radius 3 is 2.56 bits per heavy atom. The number of carbonyl (C=O) groups is 2. The molecule has 0 fully saturated rings. The van der Waals surface area contributed by atoms with Crippen molar-refractivity contribution in [2.45, 2.75) is 43.3 Å². The van der Waals surface area contributed by atoms with Crippen molar-refractivity contribution in [1.82, 2.24) is 0 Å². The average Bonchev–Trinajstić information content (AvgIpc) is 3.28. The number of thiophene rings is 1. The Balaban J connectivity index is 1.39. The number of thioether (sulfide) groups is 1. The molecule has 2 N–H and O–H groups in total. The molecule has 39 heavy (non-hydrogen) atoms. The van der Waals surface area contributed by atoms with Crippen LogP contribution in [0, 0.1) is 24.2 Å². The zero-order valence-corrected chi connectivity index (χ0v) is 23.5. The summed E-state index contributed by atoms with van der Waals surface area (Å²) in [4.78, 5) is 28.7. The molecule has 4 aromatic rings. The van der Waals surface area contributed by atoms with Crippen LogP contribution in [0.25, 0.3) is 0 Å². The molecule has 2 atom stereocenters. The zero-order chi connectivity index (χ0) is 27.4. The fourth-order valence-electron chi connectivity index (χ4n) is 4.84. The van der Waals surface area contributed by atoms with Crippen molar-refractivity contribution < 1.29 is 9.59 Å². The van der Waals surface area contributed by atoms with Crippen molar-refractivity contribution in [3.63, 3.8) is 0 Å². The highest BCUT2D eigenvalue weighted by atomic mass is 32.2. The molecule has 0 radical (unpaired) electrons. The highest BCUT2D eigenvalue weighted by Crippen LogP contribution is 2.42. The number of nitrogens with zero attached hydrogens (tertiary/aromatic N) is 1. The lowest BCUT2D eigenvalue weighted by molar-refractivity contribution is -0.115. The monoisotopic (exact) mass is 551 g/mol. The van der Waals surface area contributed by atoms with E-state index >= 15 is 0 Å². The van der Waals surface area contributed by atoms with Gasteiger partial charge in [0.1, 0.15) is 16.3 Å². The second-order valence-electron chi connectivity index (χ2n) is 9.86. The largest absolute Gasteiger partial charge is 0.322 e. The molecular weight excluding hydrogens is 523 g/mol. The van der Waals surface area contributed by atoms with Gasteiger partial charge >= 0.3 is 0 Å². The van der Waals surface area contributed by atoms with Crippen LogP contribution in [-0.2, 0) is 17.6 Å². The lowest BCUT2D eigenvalue weighted by Gasteiger charge is -2.17. The molecule has 5 nitrogen and oxygen atoms in total. The van der Waals surface area contributed by atoms with Crippen LogP contribution in [0.15, 0.2) is 83.8 Å². The molecule has 1 aromatic heterocycles. The SMILES string of the molecule is Cc1ccccc1C(=O)Nc1cccc(SC(C(=O)Nc2sc3c(c2C#N)CCC(C)C3)c2ccccc2)c1. The fraction of sp³-hybridized carbons (Fsp3) is 0.219. The molecule has 1 aliphatic carbocycles. The number of nitriles is 1. The minimum absolute atomic E-state index is 0.174. The van der Waals surface area contributed by atoms with E-state index in [1.54, 1.807) is 6.07 Å². The lowest BCUT2D eigenvalue weighted by atomic mass is 9.88. The van der Waals surface area contributed by atoms with Crippen LogP contribution in [0.3, 0.4) is 0 Å². The molecule has 0 bridgehead atoms. The van der Waals surface area contributed by atoms with E-state index in [1.165, 1.54) is 28.0 Å². The van der Waals surface area contributed by atoms with Gasteiger partial charge in [0.15, 0.2) is 0 Å². The predicted octanol–water partition coefficient (Wildman–Crippen LogP) is 7.78. The Hall–Kier alpha value is -3.86. The number of nitrogens with one attached hydrogen (secondary N) is 2. The summed E-state index contributed by atoms with van der Waals surface area (Å²) in [5.74, 6) is 0.230. The van der Waals surface area contributed by atoms with E-state index in [9.17, 15) is 14.9 Å². The molecular formula is C32H29N3O2S2. The summed E-state index contributed by atoms with van der Waals surface area (Å²) in [6.45, 7) is 4.14. The maximum absolute atomic E-state index is 13.7. The van der Waals surface area contributed by atoms with Gasteiger partial charge in [-0.15, -0.1) is 23.1 Å². The molecule has 2 amide bonds. The molecule has 0 aliphatic heterocycles. The Bertz CT molecular complexity index is 1560. The summed E-state index contributed by atoms with van der Waals surface area (Å²) < 4.78 is 0. The summed E-state index contributed by atoms with van der Waals surface area (Å²) in [6, 6.07) is 27.0. The second-order valence-corrected chi connectivity index (χ2v) is 12.1. The smallest absolute Gasteiger partial charge is 0.255 e. The van der Waals surface area contributed by atoms with Crippen LogP contribution in [0.4, 0.5) is 10.7 Å². The summed E-state index contributed by atoms with van der Waals surface area (Å²) in [5, 5.41) is 16.1. The van der Waals surface area contributed by atoms with Gasteiger partial charge in [0.2, 0.25) is 5.91 Å². The highest BCUT2D eigenvalue weighted by Gasteiger charge is 2.28. The summed E-state index contributed by atoms with van der Waals surface area (Å²) >= 11 is 2.95. The topological polar surface area (TPSA) is 82.0 Å². The van der Waals surface area contributed by atoms with Crippen molar-refractivity contribution in [1.29, 1.82) is 5.26 Å². The van der Waals surface area contributed by atoms with Gasteiger partial charge in [0.05, 0.1) is 5.56 Å². The summed E-state index contributed by atoms with van der Waals surface area (Å²) in [7, 11) is 0. The van der Waals surface area contributed by atoms with Crippen LogP contribution in [0.5, 0.6) is 0 Å². The Labute approximate surface area is 237 Å². The van der Waals surface area contributed by atoms with Gasteiger partial charge in [0.25, 0.3) is 5.91 Å². The first-order valence-electron chi connectivity index (χ1n) is 13.0. The van der Waals surface area contributed by atoms with Crippen molar-refractivity contribution in [3.05, 3.63) is 112 Å². The average molecular weight is 552 g/mol. The molecule has 2 unspecified atom stereocenters. The second kappa shape index (κ2) is 11.9. The first-order chi connectivity index (χ1) is 18.9. The minimum Gasteiger partial charge on any atom is -0.322 e. The van der Waals surface area contributed by atoms with E-state index < -0.39 is 5.25 Å². The van der Waals surface area contributed by atoms with Crippen LogP contribution < -0.4 is 10.6 Å². The standard InChI is InChI=1S/C32H29N3O2S2/c1-20-15-16-26-27(19-33)32(39-28(26)17-20)35-31(37)29(22-10-4-3-5-11-22)38-24-13-8-12-23(18-24)34-30(36)25-14-7-6-9-21(25)2/h3-14,18,20,29H,15-17H2,1-2H3,(H,34,36)(H,35,37). The van der Waals surface area contributed by atoms with Crippen LogP contribution in [-0.4, -0.2) is 11.8 Å². The van der Waals surface area contributed by atoms with Gasteiger partial charge in [-0.25, -0.2) is 0 Å². The number of fused-ring (bicyclic) bond motifs is 1. The summed E-state index contributed by atoms with van der Waals surface area (Å²) in [6.07, 6.45) is 2.89. The fourth-order valence-corrected chi connectivity index (χ4v) is 7.29. The van der Waals surface area contributed by atoms with Crippen molar-refractivity contribution in [2.75, 3.05) is 10.6 Å². The number of anilines is 2. The number of rotatable bonds is 7. The molecule has 3 aromatic carbocycles. The number of hydrogen-bond acceptors (Lipinski definition) is 5. The van der Waals surface area contributed by atoms with E-state index in [4.69, 9.17) is 0 Å². The zero-order valence-electron chi connectivity index (χ0n) is 21.9. The number of benzene rings is 3. The van der Waals surface area contributed by atoms with Crippen LogP contribution in [0.2, 0.25) is 0 Å². The van der Waals surface area contributed by atoms with E-state index in [0.717, 1.165) is 40.8 Å². The van der Waals surface area contributed by atoms with Crippen molar-refractivity contribution >= 4 is 45.6 Å². The third-order valence-electron chi connectivity index (χ3n) is 6.94. The van der Waals surface area contributed by atoms with Crippen molar-refractivity contribution in [3.8, 4) is 6.07 Å². The van der Waals surface area contributed by atoms with Crippen LogP contribution >= 0.6 is 23.1 Å². The molecule has 1 aliphatic rings. The molecule has 5 rings (SSSR count).